The van der Waals surface area contributed by atoms with E-state index in [1.807, 2.05) is 67.3 Å². The molecule has 0 radical (unpaired) electrons. The van der Waals surface area contributed by atoms with Gasteiger partial charge in [-0.3, -0.25) is 9.69 Å². The molecule has 0 bridgehead atoms. The zero-order chi connectivity index (χ0) is 23.2. The Bertz CT molecular complexity index is 1060. The van der Waals surface area contributed by atoms with Gasteiger partial charge in [0.15, 0.2) is 0 Å². The highest BCUT2D eigenvalue weighted by molar-refractivity contribution is 7.13. The summed E-state index contributed by atoms with van der Waals surface area (Å²) in [4.78, 5) is 22.0. The first-order valence-corrected chi connectivity index (χ1v) is 12.2. The second kappa shape index (κ2) is 10.8. The monoisotopic (exact) mass is 465 g/mol. The third kappa shape index (κ3) is 6.33. The summed E-state index contributed by atoms with van der Waals surface area (Å²) in [5, 5.41) is 3.15. The molecule has 2 aromatic carbocycles. The Morgan fingerprint density at radius 3 is 2.52 bits per heavy atom. The molecule has 0 spiro atoms. The molecule has 0 N–H and O–H groups in total. The molecule has 174 valence electrons. The summed E-state index contributed by atoms with van der Waals surface area (Å²) >= 11 is 1.66. The van der Waals surface area contributed by atoms with Crippen LogP contribution in [-0.4, -0.2) is 60.1 Å². The van der Waals surface area contributed by atoms with Gasteiger partial charge in [-0.1, -0.05) is 12.1 Å². The molecule has 0 unspecified atom stereocenters. The Labute approximate surface area is 199 Å². The van der Waals surface area contributed by atoms with Crippen LogP contribution in [0, 0.1) is 0 Å². The maximum Gasteiger partial charge on any atom is 0.227 e. The van der Waals surface area contributed by atoms with Gasteiger partial charge in [-0.05, 0) is 55.8 Å². The van der Waals surface area contributed by atoms with Crippen LogP contribution in [0.5, 0.6) is 11.5 Å². The lowest BCUT2D eigenvalue weighted by Gasteiger charge is -2.34. The van der Waals surface area contributed by atoms with Gasteiger partial charge < -0.3 is 14.4 Å². The first-order valence-electron chi connectivity index (χ1n) is 11.3. The number of hydrogen-bond acceptors (Lipinski definition) is 6. The van der Waals surface area contributed by atoms with Crippen LogP contribution in [0.2, 0.25) is 0 Å². The number of thiazole rings is 1. The first kappa shape index (κ1) is 23.3. The van der Waals surface area contributed by atoms with E-state index in [9.17, 15) is 4.79 Å². The Kier molecular flexibility index (Phi) is 7.62. The highest BCUT2D eigenvalue weighted by Gasteiger charge is 2.22. The molecule has 6 nitrogen and oxygen atoms in total. The summed E-state index contributed by atoms with van der Waals surface area (Å²) in [6, 6.07) is 15.8. The van der Waals surface area contributed by atoms with Crippen LogP contribution >= 0.6 is 11.3 Å². The van der Waals surface area contributed by atoms with Crippen molar-refractivity contribution in [3.63, 3.8) is 0 Å². The van der Waals surface area contributed by atoms with E-state index in [1.165, 1.54) is 0 Å². The molecule has 1 aliphatic heterocycles. The van der Waals surface area contributed by atoms with Crippen LogP contribution in [-0.2, 0) is 17.8 Å². The van der Waals surface area contributed by atoms with Gasteiger partial charge in [-0.2, -0.15) is 0 Å². The number of benzene rings is 2. The number of nitrogens with zero attached hydrogens (tertiary/aromatic N) is 3. The van der Waals surface area contributed by atoms with Crippen molar-refractivity contribution in [1.82, 2.24) is 14.8 Å². The minimum Gasteiger partial charge on any atom is -0.497 e. The molecule has 1 aromatic heterocycles. The minimum absolute atomic E-state index is 0.119. The second-order valence-electron chi connectivity index (χ2n) is 8.52. The predicted molar refractivity (Wildman–Crippen MR) is 132 cm³/mol. The second-order valence-corrected chi connectivity index (χ2v) is 9.38. The maximum atomic E-state index is 12.8. The normalized spacial score (nSPS) is 14.5. The lowest BCUT2D eigenvalue weighted by atomic mass is 10.1. The number of ether oxygens (including phenoxy) is 2. The number of methoxy groups -OCH3 is 1. The molecule has 3 aromatic rings. The number of aromatic nitrogens is 1. The fourth-order valence-corrected chi connectivity index (χ4v) is 4.73. The summed E-state index contributed by atoms with van der Waals surface area (Å²) in [7, 11) is 1.67. The summed E-state index contributed by atoms with van der Waals surface area (Å²) in [5.74, 6) is 1.84. The van der Waals surface area contributed by atoms with Crippen LogP contribution in [0.25, 0.3) is 10.6 Å². The first-order chi connectivity index (χ1) is 16.0. The molecule has 33 heavy (non-hydrogen) atoms. The third-order valence-corrected chi connectivity index (χ3v) is 6.57. The van der Waals surface area contributed by atoms with Crippen molar-refractivity contribution in [2.45, 2.75) is 32.9 Å². The lowest BCUT2D eigenvalue weighted by Crippen LogP contribution is -2.48. The van der Waals surface area contributed by atoms with Crippen LogP contribution in [0.4, 0.5) is 0 Å². The van der Waals surface area contributed by atoms with E-state index in [0.29, 0.717) is 6.42 Å². The summed E-state index contributed by atoms with van der Waals surface area (Å²) in [5.41, 5.74) is 3.17. The zero-order valence-corrected chi connectivity index (χ0v) is 20.3. The quantitative estimate of drug-likeness (QED) is 0.491. The number of carbonyl (C=O) groups excluding carboxylic acids is 1. The Morgan fingerprint density at radius 2 is 1.82 bits per heavy atom. The maximum absolute atomic E-state index is 12.8. The zero-order valence-electron chi connectivity index (χ0n) is 19.5. The van der Waals surface area contributed by atoms with Gasteiger partial charge in [0.1, 0.15) is 16.5 Å². The molecule has 1 amide bonds. The van der Waals surface area contributed by atoms with E-state index < -0.39 is 0 Å². The van der Waals surface area contributed by atoms with Gasteiger partial charge in [-0.25, -0.2) is 4.98 Å². The van der Waals surface area contributed by atoms with Gasteiger partial charge in [0, 0.05) is 43.7 Å². The molecule has 0 atom stereocenters. The van der Waals surface area contributed by atoms with Crippen LogP contribution < -0.4 is 9.47 Å². The molecule has 0 aliphatic carbocycles. The standard InChI is InChI=1S/C26H31N3O3S/c1-19(2)32-24-6-4-5-20(15-24)16-25(30)29-13-11-28(12-14-29)17-22-18-33-26(27-22)21-7-9-23(31-3)10-8-21/h4-10,15,18-19H,11-14,16-17H2,1-3H3. The van der Waals surface area contributed by atoms with E-state index in [0.717, 1.165) is 66.1 Å². The molecule has 7 heteroatoms. The van der Waals surface area contributed by atoms with Gasteiger partial charge >= 0.3 is 0 Å². The van der Waals surface area contributed by atoms with Crippen LogP contribution in [0.1, 0.15) is 25.1 Å². The van der Waals surface area contributed by atoms with Crippen LogP contribution in [0.15, 0.2) is 53.9 Å². The SMILES string of the molecule is COc1ccc(-c2nc(CN3CCN(C(=O)Cc4cccc(OC(C)C)c4)CC3)cs2)cc1. The van der Waals surface area contributed by atoms with Gasteiger partial charge in [0.05, 0.1) is 25.3 Å². The molecule has 2 heterocycles. The van der Waals surface area contributed by atoms with Crippen molar-refractivity contribution in [2.24, 2.45) is 0 Å². The van der Waals surface area contributed by atoms with E-state index in [-0.39, 0.29) is 12.0 Å². The summed E-state index contributed by atoms with van der Waals surface area (Å²) < 4.78 is 11.0. The Balaban J connectivity index is 1.27. The molecule has 1 fully saturated rings. The summed E-state index contributed by atoms with van der Waals surface area (Å²) in [6.07, 6.45) is 0.529. The molecule has 4 rings (SSSR count). The van der Waals surface area contributed by atoms with Crippen molar-refractivity contribution < 1.29 is 14.3 Å². The fourth-order valence-electron chi connectivity index (χ4n) is 3.92. The fraction of sp³-hybridized carbons (Fsp3) is 0.385. The minimum atomic E-state index is 0.119. The predicted octanol–water partition coefficient (Wildman–Crippen LogP) is 4.49. The highest BCUT2D eigenvalue weighted by Crippen LogP contribution is 2.26. The van der Waals surface area contributed by atoms with Gasteiger partial charge in [0.25, 0.3) is 0 Å². The molecule has 1 saturated heterocycles. The van der Waals surface area contributed by atoms with E-state index in [2.05, 4.69) is 10.3 Å². The number of amides is 1. The van der Waals surface area contributed by atoms with Crippen molar-refractivity contribution in [3.8, 4) is 22.1 Å². The van der Waals surface area contributed by atoms with Crippen molar-refractivity contribution >= 4 is 17.2 Å². The Morgan fingerprint density at radius 1 is 1.06 bits per heavy atom. The van der Waals surface area contributed by atoms with E-state index in [1.54, 1.807) is 18.4 Å². The Hall–Kier alpha value is -2.90. The van der Waals surface area contributed by atoms with Crippen molar-refractivity contribution in [3.05, 3.63) is 65.2 Å². The van der Waals surface area contributed by atoms with Gasteiger partial charge in [-0.15, -0.1) is 11.3 Å². The number of piperazine rings is 1. The van der Waals surface area contributed by atoms with E-state index in [4.69, 9.17) is 14.5 Å². The van der Waals surface area contributed by atoms with Crippen molar-refractivity contribution in [2.75, 3.05) is 33.3 Å². The highest BCUT2D eigenvalue weighted by atomic mass is 32.1. The lowest BCUT2D eigenvalue weighted by molar-refractivity contribution is -0.132. The summed E-state index contributed by atoms with van der Waals surface area (Å²) in [6.45, 7) is 8.02. The molecule has 0 saturated carbocycles. The average Bonchev–Trinajstić information content (AvgIpc) is 3.28. The van der Waals surface area contributed by atoms with Crippen molar-refractivity contribution in [1.29, 1.82) is 0 Å². The largest absolute Gasteiger partial charge is 0.497 e. The molecule has 1 aliphatic rings. The van der Waals surface area contributed by atoms with E-state index >= 15 is 0 Å². The average molecular weight is 466 g/mol. The number of rotatable bonds is 8. The van der Waals surface area contributed by atoms with Crippen LogP contribution in [0.3, 0.4) is 0 Å². The third-order valence-electron chi connectivity index (χ3n) is 5.62. The number of hydrogen-bond donors (Lipinski definition) is 0. The number of carbonyl (C=O) groups is 1. The topological polar surface area (TPSA) is 54.9 Å². The molecular weight excluding hydrogens is 434 g/mol. The molecular formula is C26H31N3O3S. The van der Waals surface area contributed by atoms with Gasteiger partial charge in [0.2, 0.25) is 5.91 Å². The smallest absolute Gasteiger partial charge is 0.227 e.